The summed E-state index contributed by atoms with van der Waals surface area (Å²) in [6.45, 7) is 1.89. The Kier molecular flexibility index (Phi) is 6.28. The van der Waals surface area contributed by atoms with E-state index in [1.54, 1.807) is 36.6 Å². The number of carbonyl (C=O) groups is 1. The number of hydrogen-bond acceptors (Lipinski definition) is 7. The van der Waals surface area contributed by atoms with Crippen molar-refractivity contribution in [2.24, 2.45) is 0 Å². The minimum atomic E-state index is -0.176. The lowest BCUT2D eigenvalue weighted by atomic mass is 10.1. The molecular formula is C20H27N7O2. The summed E-state index contributed by atoms with van der Waals surface area (Å²) in [6, 6.07) is 1.90. The highest BCUT2D eigenvalue weighted by atomic mass is 16.2. The molecule has 0 atom stereocenters. The van der Waals surface area contributed by atoms with E-state index in [9.17, 15) is 9.59 Å². The molecule has 0 radical (unpaired) electrons. The van der Waals surface area contributed by atoms with Crippen LogP contribution in [-0.4, -0.2) is 84.5 Å². The Labute approximate surface area is 170 Å². The molecule has 0 unspecified atom stereocenters. The van der Waals surface area contributed by atoms with E-state index >= 15 is 0 Å². The van der Waals surface area contributed by atoms with Crippen LogP contribution >= 0.6 is 0 Å². The van der Waals surface area contributed by atoms with Gasteiger partial charge in [-0.1, -0.05) is 6.08 Å². The molecule has 0 aromatic carbocycles. The summed E-state index contributed by atoms with van der Waals surface area (Å²) in [5, 5.41) is 2.96. The molecule has 1 aliphatic rings. The average Bonchev–Trinajstić information content (AvgIpc) is 2.66. The number of hydrogen-bond donors (Lipinski definition) is 2. The Morgan fingerprint density at radius 1 is 1.34 bits per heavy atom. The predicted molar refractivity (Wildman–Crippen MR) is 114 cm³/mol. The normalized spacial score (nSPS) is 14.3. The van der Waals surface area contributed by atoms with E-state index in [0.717, 1.165) is 12.1 Å². The summed E-state index contributed by atoms with van der Waals surface area (Å²) in [6.07, 6.45) is 8.39. The topological polar surface area (TPSA) is 97.5 Å². The van der Waals surface area contributed by atoms with Gasteiger partial charge in [0.25, 0.3) is 5.56 Å². The summed E-state index contributed by atoms with van der Waals surface area (Å²) in [5.41, 5.74) is 1.80. The summed E-state index contributed by atoms with van der Waals surface area (Å²) < 4.78 is 0. The zero-order valence-corrected chi connectivity index (χ0v) is 17.2. The summed E-state index contributed by atoms with van der Waals surface area (Å²) in [4.78, 5) is 41.7. The molecule has 0 aliphatic carbocycles. The van der Waals surface area contributed by atoms with E-state index in [1.165, 1.54) is 0 Å². The van der Waals surface area contributed by atoms with Gasteiger partial charge in [-0.15, -0.1) is 0 Å². The number of H-pyrrole nitrogens is 1. The maximum Gasteiger partial charge on any atom is 0.271 e. The zero-order chi connectivity index (χ0) is 21.0. The van der Waals surface area contributed by atoms with Gasteiger partial charge in [-0.3, -0.25) is 14.6 Å². The Bertz CT molecular complexity index is 948. The number of rotatable bonds is 7. The Hall–Kier alpha value is -3.20. The summed E-state index contributed by atoms with van der Waals surface area (Å²) in [5.74, 6) is 0.650. The SMILES string of the molecule is CNc1cncc(-c2c[nH]c(=O)c(N(C)C3CN(C(=O)C=CCN(C)C)C3)c2)n1. The van der Waals surface area contributed by atoms with Crippen molar-refractivity contribution in [3.05, 3.63) is 47.2 Å². The van der Waals surface area contributed by atoms with Crippen molar-refractivity contribution < 1.29 is 4.79 Å². The smallest absolute Gasteiger partial charge is 0.271 e. The lowest BCUT2D eigenvalue weighted by molar-refractivity contribution is -0.130. The third-order valence-corrected chi connectivity index (χ3v) is 4.90. The number of amides is 1. The van der Waals surface area contributed by atoms with E-state index in [2.05, 4.69) is 20.3 Å². The highest BCUT2D eigenvalue weighted by Crippen LogP contribution is 2.23. The Morgan fingerprint density at radius 3 is 2.79 bits per heavy atom. The second-order valence-corrected chi connectivity index (χ2v) is 7.31. The number of nitrogens with zero attached hydrogens (tertiary/aromatic N) is 5. The molecule has 1 saturated heterocycles. The molecule has 0 saturated carbocycles. The van der Waals surface area contributed by atoms with Gasteiger partial charge in [-0.25, -0.2) is 4.98 Å². The number of pyridine rings is 1. The van der Waals surface area contributed by atoms with Gasteiger partial charge in [0.15, 0.2) is 0 Å². The van der Waals surface area contributed by atoms with E-state index in [0.29, 0.717) is 30.3 Å². The van der Waals surface area contributed by atoms with Crippen molar-refractivity contribution in [1.82, 2.24) is 24.8 Å². The fourth-order valence-electron chi connectivity index (χ4n) is 3.05. The fraction of sp³-hybridized carbons (Fsp3) is 0.400. The molecule has 3 heterocycles. The number of likely N-dealkylation sites (N-methyl/N-ethyl adjacent to an activating group) is 2. The Morgan fingerprint density at radius 2 is 2.10 bits per heavy atom. The molecule has 3 rings (SSSR count). The zero-order valence-electron chi connectivity index (χ0n) is 17.2. The first-order chi connectivity index (χ1) is 13.9. The standard InChI is InChI=1S/C20H27N7O2/c1-21-18-11-22-10-16(24-18)14-8-17(20(29)23-9-14)26(4)15-12-27(13-15)19(28)6-5-7-25(2)3/h5-6,8-11,15H,7,12-13H2,1-4H3,(H,21,24)(H,23,29). The molecule has 0 bridgehead atoms. The van der Waals surface area contributed by atoms with Gasteiger partial charge in [0.05, 0.1) is 24.1 Å². The number of aromatic nitrogens is 3. The Balaban J connectivity index is 1.69. The monoisotopic (exact) mass is 397 g/mol. The number of aromatic amines is 1. The molecule has 1 fully saturated rings. The minimum absolute atomic E-state index is 0.00156. The predicted octanol–water partition coefficient (Wildman–Crippen LogP) is 0.638. The van der Waals surface area contributed by atoms with Crippen molar-refractivity contribution in [1.29, 1.82) is 0 Å². The van der Waals surface area contributed by atoms with E-state index in [-0.39, 0.29) is 17.5 Å². The van der Waals surface area contributed by atoms with Gasteiger partial charge in [-0.05, 0) is 20.2 Å². The van der Waals surface area contributed by atoms with Crippen LogP contribution in [0.4, 0.5) is 11.5 Å². The quantitative estimate of drug-likeness (QED) is 0.662. The molecule has 29 heavy (non-hydrogen) atoms. The minimum Gasteiger partial charge on any atom is -0.372 e. The average molecular weight is 397 g/mol. The van der Waals surface area contributed by atoms with Crippen LogP contribution in [-0.2, 0) is 4.79 Å². The maximum atomic E-state index is 12.4. The second-order valence-electron chi connectivity index (χ2n) is 7.31. The first-order valence-corrected chi connectivity index (χ1v) is 9.45. The van der Waals surface area contributed by atoms with Gasteiger partial charge in [0.1, 0.15) is 11.5 Å². The van der Waals surface area contributed by atoms with Gasteiger partial charge < -0.3 is 25.0 Å². The third kappa shape index (κ3) is 4.80. The van der Waals surface area contributed by atoms with Crippen LogP contribution in [0.1, 0.15) is 0 Å². The lowest BCUT2D eigenvalue weighted by Crippen LogP contribution is -2.60. The van der Waals surface area contributed by atoms with Gasteiger partial charge in [0.2, 0.25) is 5.91 Å². The van der Waals surface area contributed by atoms with Gasteiger partial charge >= 0.3 is 0 Å². The van der Waals surface area contributed by atoms with Gasteiger partial charge in [0, 0.05) is 51.6 Å². The first-order valence-electron chi connectivity index (χ1n) is 9.45. The second kappa shape index (κ2) is 8.87. The molecule has 9 heteroatoms. The van der Waals surface area contributed by atoms with E-state index in [4.69, 9.17) is 0 Å². The summed E-state index contributed by atoms with van der Waals surface area (Å²) >= 11 is 0. The van der Waals surface area contributed by atoms with Crippen molar-refractivity contribution in [3.63, 3.8) is 0 Å². The number of carbonyl (C=O) groups excluding carboxylic acids is 1. The van der Waals surface area contributed by atoms with E-state index in [1.807, 2.05) is 43.1 Å². The molecule has 9 nitrogen and oxygen atoms in total. The van der Waals surface area contributed by atoms with Crippen LogP contribution in [0.25, 0.3) is 11.3 Å². The molecule has 2 N–H and O–H groups in total. The van der Waals surface area contributed by atoms with Gasteiger partial charge in [-0.2, -0.15) is 0 Å². The molecule has 1 amide bonds. The number of nitrogens with one attached hydrogen (secondary N) is 2. The number of anilines is 2. The molecule has 2 aromatic rings. The van der Waals surface area contributed by atoms with Crippen LogP contribution in [0.3, 0.4) is 0 Å². The first kappa shape index (κ1) is 20.5. The fourth-order valence-corrected chi connectivity index (χ4v) is 3.05. The number of likely N-dealkylation sites (tertiary alicyclic amines) is 1. The van der Waals surface area contributed by atoms with E-state index < -0.39 is 0 Å². The van der Waals surface area contributed by atoms with Crippen molar-refractivity contribution in [3.8, 4) is 11.3 Å². The maximum absolute atomic E-state index is 12.4. The van der Waals surface area contributed by atoms with Crippen LogP contribution in [0.15, 0.2) is 41.6 Å². The van der Waals surface area contributed by atoms with Crippen molar-refractivity contribution in [2.45, 2.75) is 6.04 Å². The molecule has 154 valence electrons. The molecule has 2 aromatic heterocycles. The highest BCUT2D eigenvalue weighted by Gasteiger charge is 2.33. The molecule has 1 aliphatic heterocycles. The highest BCUT2D eigenvalue weighted by molar-refractivity contribution is 5.88. The molecule has 0 spiro atoms. The molecular weight excluding hydrogens is 370 g/mol. The van der Waals surface area contributed by atoms with Crippen LogP contribution in [0, 0.1) is 0 Å². The third-order valence-electron chi connectivity index (χ3n) is 4.90. The lowest BCUT2D eigenvalue weighted by Gasteiger charge is -2.44. The van der Waals surface area contributed by atoms with Crippen molar-refractivity contribution in [2.75, 3.05) is 58.0 Å². The van der Waals surface area contributed by atoms with Crippen LogP contribution in [0.5, 0.6) is 0 Å². The van der Waals surface area contributed by atoms with Crippen LogP contribution < -0.4 is 15.8 Å². The summed E-state index contributed by atoms with van der Waals surface area (Å²) in [7, 11) is 7.56. The van der Waals surface area contributed by atoms with Crippen molar-refractivity contribution >= 4 is 17.4 Å². The largest absolute Gasteiger partial charge is 0.372 e. The van der Waals surface area contributed by atoms with Crippen LogP contribution in [0.2, 0.25) is 0 Å².